The molecular weight excluding hydrogens is 212 g/mol. The van der Waals surface area contributed by atoms with Gasteiger partial charge in [-0.05, 0) is 11.5 Å². The third-order valence-corrected chi connectivity index (χ3v) is 2.63. The second kappa shape index (κ2) is 4.92. The topological polar surface area (TPSA) is 61.7 Å². The predicted octanol–water partition coefficient (Wildman–Crippen LogP) is -0.834. The second-order valence-electron chi connectivity index (χ2n) is 3.70. The van der Waals surface area contributed by atoms with Gasteiger partial charge in [-0.25, -0.2) is 4.39 Å². The molecule has 0 radical (unpaired) electrons. The fourth-order valence-electron chi connectivity index (χ4n) is 1.90. The summed E-state index contributed by atoms with van der Waals surface area (Å²) in [6.45, 7) is 1.54. The van der Waals surface area contributed by atoms with Gasteiger partial charge in [0.15, 0.2) is 0 Å². The summed E-state index contributed by atoms with van der Waals surface area (Å²) in [5.74, 6) is -0.450. The van der Waals surface area contributed by atoms with Crippen LogP contribution >= 0.6 is 0 Å². The monoisotopic (exact) mass is 225 g/mol. The molecule has 0 spiro atoms. The van der Waals surface area contributed by atoms with Crippen LogP contribution in [0.25, 0.3) is 0 Å². The van der Waals surface area contributed by atoms with Crippen molar-refractivity contribution in [2.75, 3.05) is 19.8 Å². The Kier molecular flexibility index (Phi) is 3.55. The first-order valence-electron chi connectivity index (χ1n) is 5.15. The minimum absolute atomic E-state index is 0.183. The van der Waals surface area contributed by atoms with Crippen LogP contribution in [0.15, 0.2) is 18.2 Å². The van der Waals surface area contributed by atoms with Crippen LogP contribution in [-0.4, -0.2) is 36.9 Å². The van der Waals surface area contributed by atoms with E-state index in [-0.39, 0.29) is 17.1 Å². The molecule has 1 fully saturated rings. The molecule has 16 heavy (non-hydrogen) atoms. The lowest BCUT2D eigenvalue weighted by molar-refractivity contribution is 0.0760. The lowest BCUT2D eigenvalue weighted by atomic mass is 9.75. The van der Waals surface area contributed by atoms with E-state index in [4.69, 9.17) is 4.74 Å². The molecule has 1 aromatic carbocycles. The van der Waals surface area contributed by atoms with Crippen LogP contribution in [-0.2, 0) is 4.74 Å². The van der Waals surface area contributed by atoms with Gasteiger partial charge in [0.1, 0.15) is 5.82 Å². The molecule has 1 aromatic rings. The lowest BCUT2D eigenvalue weighted by Crippen LogP contribution is -2.42. The van der Waals surface area contributed by atoms with E-state index in [1.807, 2.05) is 0 Å². The van der Waals surface area contributed by atoms with Gasteiger partial charge in [-0.1, -0.05) is 12.1 Å². The van der Waals surface area contributed by atoms with E-state index in [0.717, 1.165) is 0 Å². The number of hydrogen-bond donors (Lipinski definition) is 3. The highest BCUT2D eigenvalue weighted by atomic mass is 19.1. The maximum atomic E-state index is 13.7. The molecule has 1 aliphatic rings. The van der Waals surface area contributed by atoms with Crippen molar-refractivity contribution in [3.63, 3.8) is 0 Å². The van der Waals surface area contributed by atoms with Gasteiger partial charge in [0, 0.05) is 12.1 Å². The average molecular weight is 225 g/mol. The van der Waals surface area contributed by atoms with Gasteiger partial charge < -0.3 is 20.1 Å². The Labute approximate surface area is 93.2 Å². The van der Waals surface area contributed by atoms with E-state index in [1.54, 1.807) is 0 Å². The van der Waals surface area contributed by atoms with Gasteiger partial charge >= 0.3 is 7.12 Å². The highest BCUT2D eigenvalue weighted by Crippen LogP contribution is 2.17. The van der Waals surface area contributed by atoms with Crippen molar-refractivity contribution in [2.24, 2.45) is 0 Å². The number of benzene rings is 1. The van der Waals surface area contributed by atoms with Gasteiger partial charge in [-0.15, -0.1) is 0 Å². The van der Waals surface area contributed by atoms with Crippen molar-refractivity contribution in [2.45, 2.75) is 6.04 Å². The second-order valence-corrected chi connectivity index (χ2v) is 3.70. The van der Waals surface area contributed by atoms with Crippen LogP contribution < -0.4 is 10.8 Å². The Bertz CT molecular complexity index is 369. The highest BCUT2D eigenvalue weighted by molar-refractivity contribution is 6.59. The van der Waals surface area contributed by atoms with Gasteiger partial charge in [0.25, 0.3) is 0 Å². The Morgan fingerprint density at radius 2 is 2.25 bits per heavy atom. The Balaban J connectivity index is 2.36. The zero-order chi connectivity index (χ0) is 11.5. The van der Waals surface area contributed by atoms with Crippen LogP contribution in [0.3, 0.4) is 0 Å². The summed E-state index contributed by atoms with van der Waals surface area (Å²) in [5.41, 5.74) is 0.459. The maximum absolute atomic E-state index is 13.7. The third kappa shape index (κ3) is 2.25. The van der Waals surface area contributed by atoms with Crippen molar-refractivity contribution < 1.29 is 19.2 Å². The molecule has 4 nitrogen and oxygen atoms in total. The van der Waals surface area contributed by atoms with Crippen LogP contribution in [0.4, 0.5) is 4.39 Å². The van der Waals surface area contributed by atoms with Gasteiger partial charge in [0.05, 0.1) is 19.3 Å². The van der Waals surface area contributed by atoms with Gasteiger partial charge in [0.2, 0.25) is 0 Å². The summed E-state index contributed by atoms with van der Waals surface area (Å²) in [7, 11) is -1.67. The summed E-state index contributed by atoms with van der Waals surface area (Å²) < 4.78 is 18.9. The normalized spacial score (nSPS) is 20.8. The zero-order valence-electron chi connectivity index (χ0n) is 8.69. The molecule has 0 saturated carbocycles. The van der Waals surface area contributed by atoms with E-state index in [9.17, 15) is 14.4 Å². The zero-order valence-corrected chi connectivity index (χ0v) is 8.69. The van der Waals surface area contributed by atoms with Crippen molar-refractivity contribution in [1.29, 1.82) is 0 Å². The minimum Gasteiger partial charge on any atom is -0.423 e. The maximum Gasteiger partial charge on any atom is 0.488 e. The lowest BCUT2D eigenvalue weighted by Gasteiger charge is -2.26. The molecule has 2 rings (SSSR count). The molecule has 1 atom stereocenters. The molecule has 0 bridgehead atoms. The summed E-state index contributed by atoms with van der Waals surface area (Å²) in [6, 6.07) is 3.93. The molecule has 1 unspecified atom stereocenters. The summed E-state index contributed by atoms with van der Waals surface area (Å²) in [5, 5.41) is 21.4. The standard InChI is InChI=1S/C10H13BFNO3/c12-8-3-1-2-7(11(14)15)10(8)9-6-16-5-4-13-9/h1-3,9,13-15H,4-6H2. The summed E-state index contributed by atoms with van der Waals surface area (Å²) >= 11 is 0. The molecule has 1 aliphatic heterocycles. The first kappa shape index (κ1) is 11.5. The molecule has 86 valence electrons. The van der Waals surface area contributed by atoms with Crippen molar-refractivity contribution in [3.05, 3.63) is 29.6 Å². The average Bonchev–Trinajstić information content (AvgIpc) is 2.29. The third-order valence-electron chi connectivity index (χ3n) is 2.63. The Morgan fingerprint density at radius 3 is 2.88 bits per heavy atom. The smallest absolute Gasteiger partial charge is 0.423 e. The van der Waals surface area contributed by atoms with Crippen molar-refractivity contribution >= 4 is 12.6 Å². The largest absolute Gasteiger partial charge is 0.488 e. The molecule has 0 aromatic heterocycles. The number of ether oxygens (including phenoxy) is 1. The molecule has 3 N–H and O–H groups in total. The van der Waals surface area contributed by atoms with Gasteiger partial charge in [-0.3, -0.25) is 0 Å². The summed E-state index contributed by atoms with van der Waals surface area (Å²) in [4.78, 5) is 0. The fraction of sp³-hybridized carbons (Fsp3) is 0.400. The minimum atomic E-state index is -1.67. The van der Waals surface area contributed by atoms with Crippen LogP contribution in [0.2, 0.25) is 0 Å². The molecule has 1 heterocycles. The number of rotatable bonds is 2. The molecule has 0 aliphatic carbocycles. The Morgan fingerprint density at radius 1 is 1.44 bits per heavy atom. The van der Waals surface area contributed by atoms with Crippen LogP contribution in [0.1, 0.15) is 11.6 Å². The quantitative estimate of drug-likeness (QED) is 0.574. The van der Waals surface area contributed by atoms with E-state index in [0.29, 0.717) is 19.8 Å². The van der Waals surface area contributed by atoms with E-state index in [1.165, 1.54) is 18.2 Å². The van der Waals surface area contributed by atoms with Crippen molar-refractivity contribution in [3.8, 4) is 0 Å². The van der Waals surface area contributed by atoms with Gasteiger partial charge in [-0.2, -0.15) is 0 Å². The van der Waals surface area contributed by atoms with E-state index in [2.05, 4.69) is 5.32 Å². The predicted molar refractivity (Wildman–Crippen MR) is 57.8 cm³/mol. The number of halogens is 1. The number of nitrogens with one attached hydrogen (secondary N) is 1. The molecule has 6 heteroatoms. The first-order valence-corrected chi connectivity index (χ1v) is 5.15. The Hall–Kier alpha value is -0.945. The molecule has 1 saturated heterocycles. The SMILES string of the molecule is OB(O)c1cccc(F)c1C1COCCN1. The molecular formula is C10H13BFNO3. The number of morpholine rings is 1. The fourth-order valence-corrected chi connectivity index (χ4v) is 1.90. The first-order chi connectivity index (χ1) is 7.70. The highest BCUT2D eigenvalue weighted by Gasteiger charge is 2.26. The number of hydrogen-bond acceptors (Lipinski definition) is 4. The van der Waals surface area contributed by atoms with Crippen LogP contribution in [0.5, 0.6) is 0 Å². The van der Waals surface area contributed by atoms with E-state index < -0.39 is 12.9 Å². The van der Waals surface area contributed by atoms with E-state index >= 15 is 0 Å². The van der Waals surface area contributed by atoms with Crippen molar-refractivity contribution in [1.82, 2.24) is 5.32 Å². The molecule has 0 amide bonds. The van der Waals surface area contributed by atoms with Crippen LogP contribution in [0, 0.1) is 5.82 Å². The summed E-state index contributed by atoms with van der Waals surface area (Å²) in [6.07, 6.45) is 0.